The number of aryl methyl sites for hydroxylation is 1. The van der Waals surface area contributed by atoms with E-state index in [1.54, 1.807) is 13.0 Å². The van der Waals surface area contributed by atoms with Gasteiger partial charge in [0, 0.05) is 23.3 Å². The van der Waals surface area contributed by atoms with E-state index in [0.717, 1.165) is 42.5 Å². The molecule has 7 rings (SSSR count). The number of alkyl halides is 3. The van der Waals surface area contributed by atoms with E-state index < -0.39 is 92.8 Å². The molecule has 0 radical (unpaired) electrons. The maximum Gasteiger partial charge on any atom is 0.408 e. The molecule has 0 bridgehead atoms. The van der Waals surface area contributed by atoms with Crippen LogP contribution in [0.15, 0.2) is 36.4 Å². The van der Waals surface area contributed by atoms with E-state index in [4.69, 9.17) is 9.47 Å². The summed E-state index contributed by atoms with van der Waals surface area (Å²) in [6.07, 6.45) is 0.364. The Morgan fingerprint density at radius 2 is 1.88 bits per heavy atom. The van der Waals surface area contributed by atoms with E-state index in [0.29, 0.717) is 35.6 Å². The maximum absolute atomic E-state index is 15.1. The zero-order chi connectivity index (χ0) is 42.7. The molecule has 1 aromatic carbocycles. The van der Waals surface area contributed by atoms with Gasteiger partial charge < -0.3 is 24.8 Å². The Kier molecular flexibility index (Phi) is 11.4. The second kappa shape index (κ2) is 15.8. The summed E-state index contributed by atoms with van der Waals surface area (Å²) in [5.41, 5.74) is -3.20. The van der Waals surface area contributed by atoms with E-state index in [9.17, 15) is 41.1 Å². The highest BCUT2D eigenvalue weighted by molar-refractivity contribution is 7.91. The molecule has 0 unspecified atom stereocenters. The largest absolute Gasteiger partial charge is 0.477 e. The lowest BCUT2D eigenvalue weighted by atomic mass is 9.85. The van der Waals surface area contributed by atoms with E-state index in [1.165, 1.54) is 0 Å². The lowest BCUT2D eigenvalue weighted by Crippen LogP contribution is -2.64. The summed E-state index contributed by atoms with van der Waals surface area (Å²) < 4.78 is 82.5. The first-order valence-corrected chi connectivity index (χ1v) is 21.8. The summed E-state index contributed by atoms with van der Waals surface area (Å²) in [7, 11) is -4.47. The van der Waals surface area contributed by atoms with Crippen LogP contribution in [-0.4, -0.2) is 112 Å². The zero-order valence-corrected chi connectivity index (χ0v) is 34.4. The Bertz CT molecular complexity index is 2150. The van der Waals surface area contributed by atoms with Gasteiger partial charge in [0.25, 0.3) is 12.3 Å². The van der Waals surface area contributed by atoms with E-state index in [1.807, 2.05) is 42.0 Å². The highest BCUT2D eigenvalue weighted by atomic mass is 32.2. The van der Waals surface area contributed by atoms with Crippen molar-refractivity contribution in [3.05, 3.63) is 42.0 Å². The van der Waals surface area contributed by atoms with Gasteiger partial charge in [-0.05, 0) is 88.5 Å². The number of ether oxygens (including phenoxy) is 2. The fourth-order valence-corrected chi connectivity index (χ4v) is 10.4. The predicted octanol–water partition coefficient (Wildman–Crippen LogP) is 5.14. The number of aromatic nitrogens is 1. The number of pyridine rings is 1. The third-order valence-corrected chi connectivity index (χ3v) is 15.0. The average Bonchev–Trinajstić information content (AvgIpc) is 4.09. The van der Waals surface area contributed by atoms with Crippen molar-refractivity contribution in [3.63, 3.8) is 0 Å². The minimum atomic E-state index is -4.47. The van der Waals surface area contributed by atoms with Crippen molar-refractivity contribution in [2.75, 3.05) is 19.8 Å². The number of hydrogen-bond donors (Lipinski definition) is 3. The highest BCUT2D eigenvalue weighted by Gasteiger charge is 2.64. The van der Waals surface area contributed by atoms with Gasteiger partial charge in [-0.2, -0.15) is 4.98 Å². The second-order valence-corrected chi connectivity index (χ2v) is 19.7. The van der Waals surface area contributed by atoms with Gasteiger partial charge in [0.05, 0.1) is 13.2 Å². The van der Waals surface area contributed by atoms with Gasteiger partial charge in [-0.1, -0.05) is 44.2 Å². The number of benzene rings is 1. The van der Waals surface area contributed by atoms with Crippen LogP contribution in [0.25, 0.3) is 10.8 Å². The van der Waals surface area contributed by atoms with Crippen LogP contribution in [0, 0.1) is 17.8 Å². The number of carboxylic acid groups (broad SMARTS) is 1. The van der Waals surface area contributed by atoms with Gasteiger partial charge in [0.1, 0.15) is 40.7 Å². The number of carbonyl (C=O) groups is 4. The Morgan fingerprint density at radius 1 is 1.17 bits per heavy atom. The number of sulfonamides is 1. The first kappa shape index (κ1) is 42.5. The summed E-state index contributed by atoms with van der Waals surface area (Å²) in [5.74, 6) is -3.83. The third kappa shape index (κ3) is 7.81. The molecule has 1 aromatic heterocycles. The number of nitrogens with zero attached hydrogens (tertiary/aromatic N) is 3. The predicted molar refractivity (Wildman–Crippen MR) is 209 cm³/mol. The number of rotatable bonds is 9. The number of halogens is 3. The molecule has 2 saturated carbocycles. The number of carbonyl (C=O) groups excluding carboxylic acids is 3. The summed E-state index contributed by atoms with van der Waals surface area (Å²) in [6, 6.07) is 4.31. The molecule has 322 valence electrons. The van der Waals surface area contributed by atoms with Gasteiger partial charge in [-0.3, -0.25) is 24.0 Å². The fourth-order valence-electron chi connectivity index (χ4n) is 9.02. The monoisotopic (exact) mass is 847 g/mol. The van der Waals surface area contributed by atoms with Crippen LogP contribution >= 0.6 is 0 Å². The SMILES string of the molecule is C[C@@H]1CC/C=C\[C@@H]2C[C@@]2(C(=O)NS(=O)(=O)C2(CF)CC2)NC(=O)[C@@H]2C[C@@H](Oc3nc4c(c5ccccc35)CCCO4)CN2C(=O)[C@@H](N(C(=O)O)C(C)(C)C(F)F)[C@H](C)C1. The van der Waals surface area contributed by atoms with Crippen LogP contribution in [0.4, 0.5) is 18.0 Å². The number of allylic oxidation sites excluding steroid dienone is 1. The first-order chi connectivity index (χ1) is 27.9. The second-order valence-electron chi connectivity index (χ2n) is 17.6. The Hall–Kier alpha value is -4.61. The molecule has 14 nitrogen and oxygen atoms in total. The molecule has 4 heterocycles. The van der Waals surface area contributed by atoms with E-state index in [-0.39, 0.29) is 50.4 Å². The minimum absolute atomic E-state index is 0.00936. The van der Waals surface area contributed by atoms with Gasteiger partial charge >= 0.3 is 6.09 Å². The number of amides is 4. The zero-order valence-electron chi connectivity index (χ0n) is 33.6. The van der Waals surface area contributed by atoms with Crippen molar-refractivity contribution in [1.82, 2.24) is 24.8 Å². The van der Waals surface area contributed by atoms with E-state index >= 15 is 4.79 Å². The maximum atomic E-state index is 15.1. The molecular formula is C41H52F3N5O9S. The standard InChI is InChI=1S/C41H52F3N5O9S/c1-23-10-5-6-11-25-20-41(25,37(52)47-59(55,56)40(22-42)15-16-40)46-32(50)30-19-26(58-34-29-13-8-7-12-27(29)28-14-9-17-57-33(28)45-34)21-48(30)35(51)31(24(2)18-23)49(38(53)54)39(3,4)36(43)44/h6-8,11-13,23-26,30-31,36H,5,9-10,14-22H2,1-4H3,(H,46,50)(H,47,52)(H,53,54)/b11-6-/t23-,24-,25-,26-,30+,31+,41-/m1/s1. The molecule has 7 atom stereocenters. The van der Waals surface area contributed by atoms with Crippen LogP contribution in [0.3, 0.4) is 0 Å². The topological polar surface area (TPSA) is 185 Å². The summed E-state index contributed by atoms with van der Waals surface area (Å²) in [4.78, 5) is 63.0. The van der Waals surface area contributed by atoms with Crippen LogP contribution < -0.4 is 19.5 Å². The highest BCUT2D eigenvalue weighted by Crippen LogP contribution is 2.48. The lowest BCUT2D eigenvalue weighted by Gasteiger charge is -2.44. The average molecular weight is 848 g/mol. The summed E-state index contributed by atoms with van der Waals surface area (Å²) >= 11 is 0. The third-order valence-electron chi connectivity index (χ3n) is 12.9. The summed E-state index contributed by atoms with van der Waals surface area (Å²) in [6.45, 7) is 4.59. The minimum Gasteiger partial charge on any atom is -0.477 e. The molecule has 3 N–H and O–H groups in total. The molecule has 5 aliphatic rings. The van der Waals surface area contributed by atoms with Crippen LogP contribution in [0.5, 0.6) is 11.8 Å². The molecule has 59 heavy (non-hydrogen) atoms. The molecule has 4 amide bonds. The van der Waals surface area contributed by atoms with Crippen LogP contribution in [0.1, 0.15) is 84.6 Å². The van der Waals surface area contributed by atoms with Gasteiger partial charge in [0.2, 0.25) is 33.6 Å². The number of fused-ring (bicyclic) bond motifs is 5. The van der Waals surface area contributed by atoms with Crippen molar-refractivity contribution in [2.45, 2.75) is 126 Å². The van der Waals surface area contributed by atoms with E-state index in [2.05, 4.69) is 10.3 Å². The van der Waals surface area contributed by atoms with Crippen LogP contribution in [-0.2, 0) is 30.8 Å². The molecule has 2 aliphatic carbocycles. The normalized spacial score (nSPS) is 30.1. The van der Waals surface area contributed by atoms with Crippen molar-refractivity contribution in [3.8, 4) is 11.8 Å². The van der Waals surface area contributed by atoms with Crippen molar-refractivity contribution < 1.29 is 55.3 Å². The van der Waals surface area contributed by atoms with Crippen molar-refractivity contribution >= 4 is 44.6 Å². The summed E-state index contributed by atoms with van der Waals surface area (Å²) in [5, 5.41) is 14.8. The molecule has 3 fully saturated rings. The number of hydrogen-bond acceptors (Lipinski definition) is 9. The fraction of sp³-hybridized carbons (Fsp3) is 0.634. The lowest BCUT2D eigenvalue weighted by molar-refractivity contribution is -0.149. The molecule has 1 saturated heterocycles. The molecule has 18 heteroatoms. The Morgan fingerprint density at radius 3 is 2.54 bits per heavy atom. The quantitative estimate of drug-likeness (QED) is 0.286. The van der Waals surface area contributed by atoms with Gasteiger partial charge in [-0.15, -0.1) is 0 Å². The smallest absolute Gasteiger partial charge is 0.408 e. The van der Waals surface area contributed by atoms with Gasteiger partial charge in [-0.25, -0.2) is 26.4 Å². The first-order valence-electron chi connectivity index (χ1n) is 20.3. The molecule has 2 aromatic rings. The Labute approximate surface area is 341 Å². The van der Waals surface area contributed by atoms with Gasteiger partial charge in [0.15, 0.2) is 0 Å². The molecule has 0 spiro atoms. The molecule has 3 aliphatic heterocycles. The van der Waals surface area contributed by atoms with Crippen LogP contribution in [0.2, 0.25) is 0 Å². The number of nitrogens with one attached hydrogen (secondary N) is 2. The molecular weight excluding hydrogens is 796 g/mol. The van der Waals surface area contributed by atoms with Crippen molar-refractivity contribution in [2.24, 2.45) is 17.8 Å². The van der Waals surface area contributed by atoms with Crippen molar-refractivity contribution in [1.29, 1.82) is 0 Å². The Balaban J connectivity index is 1.29.